The number of rotatable bonds is 2. The summed E-state index contributed by atoms with van der Waals surface area (Å²) in [5.41, 5.74) is 0.347. The molecule has 0 atom stereocenters. The highest BCUT2D eigenvalue weighted by Gasteiger charge is 2.25. The number of esters is 2. The lowest BCUT2D eigenvalue weighted by atomic mass is 10.3. The van der Waals surface area contributed by atoms with Crippen LogP contribution in [0.5, 0.6) is 0 Å². The zero-order valence-corrected chi connectivity index (χ0v) is 10.6. The highest BCUT2D eigenvalue weighted by molar-refractivity contribution is 14.1. The average Bonchev–Trinajstić information content (AvgIpc) is 2.52. The Morgan fingerprint density at radius 3 is 2.27 bits per heavy atom. The second-order valence-electron chi connectivity index (χ2n) is 2.62. The van der Waals surface area contributed by atoms with E-state index in [0.717, 1.165) is 0 Å². The standard InChI is InChI=1S/C8H9IN2O4/c1-11-6(8(13)15-3)4(9)5(10-11)7(12)14-2/h1-3H3. The number of nitrogens with zero attached hydrogens (tertiary/aromatic N) is 2. The lowest BCUT2D eigenvalue weighted by Gasteiger charge is -1.98. The zero-order valence-electron chi connectivity index (χ0n) is 8.41. The molecule has 7 heteroatoms. The van der Waals surface area contributed by atoms with Crippen LogP contribution in [-0.2, 0) is 16.5 Å². The number of carbonyl (C=O) groups is 2. The Kier molecular flexibility index (Phi) is 3.66. The lowest BCUT2D eigenvalue weighted by Crippen LogP contribution is -2.09. The molecule has 0 aliphatic rings. The van der Waals surface area contributed by atoms with Crippen molar-refractivity contribution in [2.24, 2.45) is 7.05 Å². The summed E-state index contributed by atoms with van der Waals surface area (Å²) < 4.78 is 10.8. The predicted octanol–water partition coefficient (Wildman–Crippen LogP) is 0.598. The number of aryl methyl sites for hydroxylation is 1. The molecule has 0 N–H and O–H groups in total. The van der Waals surface area contributed by atoms with E-state index in [1.807, 2.05) is 22.6 Å². The van der Waals surface area contributed by atoms with Crippen LogP contribution in [0.3, 0.4) is 0 Å². The quantitative estimate of drug-likeness (QED) is 0.588. The normalized spacial score (nSPS) is 9.87. The lowest BCUT2D eigenvalue weighted by molar-refractivity contribution is 0.0582. The van der Waals surface area contributed by atoms with Gasteiger partial charge in [-0.15, -0.1) is 0 Å². The monoisotopic (exact) mass is 324 g/mol. The van der Waals surface area contributed by atoms with Crippen LogP contribution in [0.4, 0.5) is 0 Å². The molecule has 0 amide bonds. The Morgan fingerprint density at radius 1 is 1.27 bits per heavy atom. The Morgan fingerprint density at radius 2 is 1.80 bits per heavy atom. The Labute approximate surface area is 99.7 Å². The van der Waals surface area contributed by atoms with Gasteiger partial charge in [0, 0.05) is 7.05 Å². The second kappa shape index (κ2) is 4.60. The summed E-state index contributed by atoms with van der Waals surface area (Å²) in [7, 11) is 4.08. The van der Waals surface area contributed by atoms with Crippen molar-refractivity contribution in [3.8, 4) is 0 Å². The molecule has 0 fully saturated rings. The molecule has 1 heterocycles. The fourth-order valence-electron chi connectivity index (χ4n) is 1.04. The van der Waals surface area contributed by atoms with Crippen molar-refractivity contribution in [1.82, 2.24) is 9.78 Å². The molecule has 0 aliphatic carbocycles. The maximum absolute atomic E-state index is 11.3. The van der Waals surface area contributed by atoms with Gasteiger partial charge >= 0.3 is 11.9 Å². The minimum atomic E-state index is -0.579. The summed E-state index contributed by atoms with van der Waals surface area (Å²) in [4.78, 5) is 22.6. The Balaban J connectivity index is 3.26. The zero-order chi connectivity index (χ0) is 11.6. The second-order valence-corrected chi connectivity index (χ2v) is 3.70. The SMILES string of the molecule is COC(=O)c1nn(C)c(C(=O)OC)c1I. The van der Waals surface area contributed by atoms with Crippen molar-refractivity contribution >= 4 is 34.5 Å². The van der Waals surface area contributed by atoms with Gasteiger partial charge in [-0.05, 0) is 22.6 Å². The molecule has 0 bridgehead atoms. The number of hydrogen-bond donors (Lipinski definition) is 0. The van der Waals surface area contributed by atoms with E-state index in [-0.39, 0.29) is 11.4 Å². The molecule has 0 saturated carbocycles. The summed E-state index contributed by atoms with van der Waals surface area (Å²) in [6.07, 6.45) is 0. The van der Waals surface area contributed by atoms with E-state index in [1.165, 1.54) is 18.9 Å². The first-order chi connectivity index (χ1) is 7.02. The van der Waals surface area contributed by atoms with Gasteiger partial charge in [-0.3, -0.25) is 4.68 Å². The highest BCUT2D eigenvalue weighted by Crippen LogP contribution is 2.17. The topological polar surface area (TPSA) is 70.4 Å². The molecule has 0 aromatic carbocycles. The van der Waals surface area contributed by atoms with Crippen LogP contribution in [0.2, 0.25) is 0 Å². The van der Waals surface area contributed by atoms with E-state index in [0.29, 0.717) is 3.57 Å². The number of carbonyl (C=O) groups excluding carboxylic acids is 2. The van der Waals surface area contributed by atoms with Crippen LogP contribution in [-0.4, -0.2) is 35.9 Å². The van der Waals surface area contributed by atoms with Crippen LogP contribution in [0.15, 0.2) is 0 Å². The number of ether oxygens (including phenoxy) is 2. The summed E-state index contributed by atoms with van der Waals surface area (Å²) in [6.45, 7) is 0. The maximum Gasteiger partial charge on any atom is 0.359 e. The summed E-state index contributed by atoms with van der Waals surface area (Å²) in [5.74, 6) is -1.12. The van der Waals surface area contributed by atoms with E-state index in [1.54, 1.807) is 7.05 Å². The average molecular weight is 324 g/mol. The van der Waals surface area contributed by atoms with Gasteiger partial charge < -0.3 is 9.47 Å². The minimum Gasteiger partial charge on any atom is -0.464 e. The smallest absolute Gasteiger partial charge is 0.359 e. The van der Waals surface area contributed by atoms with Crippen molar-refractivity contribution in [3.05, 3.63) is 15.0 Å². The number of aromatic nitrogens is 2. The van der Waals surface area contributed by atoms with Gasteiger partial charge in [0.05, 0.1) is 17.8 Å². The summed E-state index contributed by atoms with van der Waals surface area (Å²) in [5, 5.41) is 3.88. The highest BCUT2D eigenvalue weighted by atomic mass is 127. The van der Waals surface area contributed by atoms with E-state index in [9.17, 15) is 9.59 Å². The molecule has 1 aromatic rings. The molecule has 0 radical (unpaired) electrons. The third-order valence-corrected chi connectivity index (χ3v) is 2.77. The van der Waals surface area contributed by atoms with Gasteiger partial charge in [0.15, 0.2) is 11.4 Å². The van der Waals surface area contributed by atoms with Crippen molar-refractivity contribution in [3.63, 3.8) is 0 Å². The molecular weight excluding hydrogens is 315 g/mol. The number of methoxy groups -OCH3 is 2. The molecule has 0 unspecified atom stereocenters. The molecule has 0 saturated heterocycles. The third-order valence-electron chi connectivity index (χ3n) is 1.75. The molecule has 15 heavy (non-hydrogen) atoms. The van der Waals surface area contributed by atoms with Crippen LogP contribution in [0.25, 0.3) is 0 Å². The Hall–Kier alpha value is -1.12. The fourth-order valence-corrected chi connectivity index (χ4v) is 1.94. The van der Waals surface area contributed by atoms with E-state index in [2.05, 4.69) is 14.6 Å². The van der Waals surface area contributed by atoms with E-state index >= 15 is 0 Å². The maximum atomic E-state index is 11.3. The van der Waals surface area contributed by atoms with Crippen molar-refractivity contribution in [2.45, 2.75) is 0 Å². The molecular formula is C8H9IN2O4. The van der Waals surface area contributed by atoms with Crippen molar-refractivity contribution in [2.75, 3.05) is 14.2 Å². The first kappa shape index (κ1) is 12.0. The third kappa shape index (κ3) is 2.11. The molecule has 0 aliphatic heterocycles. The molecule has 1 aromatic heterocycles. The van der Waals surface area contributed by atoms with Crippen molar-refractivity contribution in [1.29, 1.82) is 0 Å². The summed E-state index contributed by atoms with van der Waals surface area (Å²) >= 11 is 1.85. The number of hydrogen-bond acceptors (Lipinski definition) is 5. The van der Waals surface area contributed by atoms with E-state index < -0.39 is 11.9 Å². The van der Waals surface area contributed by atoms with Crippen LogP contribution in [0, 0.1) is 3.57 Å². The van der Waals surface area contributed by atoms with Crippen LogP contribution < -0.4 is 0 Å². The number of halogens is 1. The van der Waals surface area contributed by atoms with Crippen LogP contribution >= 0.6 is 22.6 Å². The molecule has 0 spiro atoms. The van der Waals surface area contributed by atoms with Crippen molar-refractivity contribution < 1.29 is 19.1 Å². The predicted molar refractivity (Wildman–Crippen MR) is 58.6 cm³/mol. The van der Waals surface area contributed by atoms with Gasteiger partial charge in [-0.25, -0.2) is 9.59 Å². The molecule has 82 valence electrons. The largest absolute Gasteiger partial charge is 0.464 e. The van der Waals surface area contributed by atoms with Gasteiger partial charge in [0.25, 0.3) is 0 Å². The first-order valence-electron chi connectivity index (χ1n) is 3.92. The Bertz CT molecular complexity index is 413. The summed E-state index contributed by atoms with van der Waals surface area (Å²) in [6, 6.07) is 0. The van der Waals surface area contributed by atoms with Crippen LogP contribution in [0.1, 0.15) is 21.0 Å². The minimum absolute atomic E-state index is 0.112. The van der Waals surface area contributed by atoms with Gasteiger partial charge in [0.2, 0.25) is 0 Å². The molecule has 6 nitrogen and oxygen atoms in total. The molecule has 1 rings (SSSR count). The first-order valence-corrected chi connectivity index (χ1v) is 5.00. The van der Waals surface area contributed by atoms with Gasteiger partial charge in [-0.1, -0.05) is 0 Å². The van der Waals surface area contributed by atoms with E-state index in [4.69, 9.17) is 0 Å². The fraction of sp³-hybridized carbons (Fsp3) is 0.375. The van der Waals surface area contributed by atoms with Gasteiger partial charge in [-0.2, -0.15) is 5.10 Å². The van der Waals surface area contributed by atoms with Gasteiger partial charge in [0.1, 0.15) is 0 Å².